The summed E-state index contributed by atoms with van der Waals surface area (Å²) >= 11 is 0. The number of aliphatic carboxylic acids is 1. The van der Waals surface area contributed by atoms with Gasteiger partial charge in [0.2, 0.25) is 17.7 Å². The van der Waals surface area contributed by atoms with Crippen LogP contribution in [-0.4, -0.2) is 80.3 Å². The SMILES string of the molecule is COc1nc(O[C@@H]2CCc3c(-c4cccc(-c5nc6cc(CN7CC[C@@H](O)C7)cc(C#N)c6o5)c4F)cccc32)cnc1CN1CC[C@@H](C(=O)O)C1. The van der Waals surface area contributed by atoms with Crippen molar-refractivity contribution in [3.05, 3.63) is 88.5 Å². The van der Waals surface area contributed by atoms with Gasteiger partial charge in [-0.05, 0) is 72.7 Å². The van der Waals surface area contributed by atoms with Crippen molar-refractivity contribution in [2.24, 2.45) is 5.92 Å². The lowest BCUT2D eigenvalue weighted by Crippen LogP contribution is -2.23. The van der Waals surface area contributed by atoms with Gasteiger partial charge in [-0.3, -0.25) is 14.6 Å². The van der Waals surface area contributed by atoms with E-state index in [9.17, 15) is 20.3 Å². The number of benzene rings is 3. The lowest BCUT2D eigenvalue weighted by Gasteiger charge is -2.18. The number of likely N-dealkylation sites (tertiary alicyclic amines) is 2. The highest BCUT2D eigenvalue weighted by molar-refractivity contribution is 5.83. The Kier molecular flexibility index (Phi) is 9.04. The van der Waals surface area contributed by atoms with Crippen molar-refractivity contribution in [1.82, 2.24) is 24.8 Å². The number of hydrogen-bond donors (Lipinski definition) is 2. The van der Waals surface area contributed by atoms with Crippen molar-refractivity contribution < 1.29 is 33.3 Å². The average molecular weight is 705 g/mol. The first-order valence-corrected chi connectivity index (χ1v) is 17.4. The fourth-order valence-electron chi connectivity index (χ4n) is 7.74. The van der Waals surface area contributed by atoms with E-state index >= 15 is 4.39 Å². The first-order chi connectivity index (χ1) is 25.3. The van der Waals surface area contributed by atoms with Gasteiger partial charge in [-0.2, -0.15) is 10.2 Å². The molecular formula is C39H37FN6O6. The van der Waals surface area contributed by atoms with Gasteiger partial charge in [-0.25, -0.2) is 14.4 Å². The Labute approximate surface area is 299 Å². The summed E-state index contributed by atoms with van der Waals surface area (Å²) in [4.78, 5) is 29.3. The molecule has 0 bridgehead atoms. The molecule has 0 spiro atoms. The average Bonchev–Trinajstić information content (AvgIpc) is 3.96. The molecule has 2 N–H and O–H groups in total. The molecule has 3 atom stereocenters. The Hall–Kier alpha value is -5.42. The minimum Gasteiger partial charge on any atom is -0.481 e. The van der Waals surface area contributed by atoms with Gasteiger partial charge in [0.25, 0.3) is 0 Å². The second kappa shape index (κ2) is 14.0. The molecule has 52 heavy (non-hydrogen) atoms. The van der Waals surface area contributed by atoms with Crippen molar-refractivity contribution in [2.45, 2.75) is 51.0 Å². The monoisotopic (exact) mass is 704 g/mol. The maximum Gasteiger partial charge on any atom is 0.307 e. The third-order valence-corrected chi connectivity index (χ3v) is 10.3. The molecule has 3 aliphatic rings. The van der Waals surface area contributed by atoms with E-state index in [4.69, 9.17) is 13.9 Å². The van der Waals surface area contributed by atoms with Crippen LogP contribution >= 0.6 is 0 Å². The van der Waals surface area contributed by atoms with Crippen LogP contribution in [0, 0.1) is 23.1 Å². The third kappa shape index (κ3) is 6.45. The van der Waals surface area contributed by atoms with Crippen molar-refractivity contribution in [2.75, 3.05) is 33.3 Å². The summed E-state index contributed by atoms with van der Waals surface area (Å²) in [5.41, 5.74) is 5.85. The van der Waals surface area contributed by atoms with Gasteiger partial charge >= 0.3 is 5.97 Å². The lowest BCUT2D eigenvalue weighted by molar-refractivity contribution is -0.141. The predicted octanol–water partition coefficient (Wildman–Crippen LogP) is 5.51. The van der Waals surface area contributed by atoms with Crippen LogP contribution in [0.15, 0.2) is 59.1 Å². The second-order valence-corrected chi connectivity index (χ2v) is 13.7. The Bertz CT molecular complexity index is 2220. The van der Waals surface area contributed by atoms with E-state index in [1.165, 1.54) is 7.11 Å². The van der Waals surface area contributed by atoms with Crippen LogP contribution < -0.4 is 9.47 Å². The number of methoxy groups -OCH3 is 1. The number of carboxylic acids is 1. The van der Waals surface area contributed by atoms with E-state index in [0.29, 0.717) is 98.1 Å². The number of nitrogens with zero attached hydrogens (tertiary/aromatic N) is 6. The first kappa shape index (κ1) is 33.7. The number of rotatable bonds is 10. The van der Waals surface area contributed by atoms with Crippen LogP contribution in [-0.2, 0) is 24.3 Å². The molecule has 4 heterocycles. The molecule has 2 fully saturated rings. The number of carboxylic acid groups (broad SMARTS) is 1. The number of aromatic nitrogens is 3. The molecule has 2 aliphatic heterocycles. The van der Waals surface area contributed by atoms with Crippen molar-refractivity contribution in [1.29, 1.82) is 5.26 Å². The molecular weight excluding hydrogens is 667 g/mol. The zero-order valence-electron chi connectivity index (χ0n) is 28.6. The van der Waals surface area contributed by atoms with Crippen LogP contribution in [0.25, 0.3) is 33.7 Å². The number of aliphatic hydroxyl groups excluding tert-OH is 1. The number of carbonyl (C=O) groups is 1. The normalized spacial score (nSPS) is 20.3. The molecule has 0 amide bonds. The van der Waals surface area contributed by atoms with Crippen molar-refractivity contribution in [3.63, 3.8) is 0 Å². The summed E-state index contributed by atoms with van der Waals surface area (Å²) in [6.07, 6.45) is 3.50. The molecule has 13 heteroatoms. The molecule has 12 nitrogen and oxygen atoms in total. The zero-order valence-corrected chi connectivity index (χ0v) is 28.6. The summed E-state index contributed by atoms with van der Waals surface area (Å²) in [6, 6.07) is 16.7. The highest BCUT2D eigenvalue weighted by Crippen LogP contribution is 2.42. The molecule has 266 valence electrons. The number of hydrogen-bond acceptors (Lipinski definition) is 11. The highest BCUT2D eigenvalue weighted by atomic mass is 19.1. The second-order valence-electron chi connectivity index (χ2n) is 13.7. The van der Waals surface area contributed by atoms with Crippen LogP contribution in [0.3, 0.4) is 0 Å². The van der Waals surface area contributed by atoms with Crippen LogP contribution in [0.5, 0.6) is 11.8 Å². The third-order valence-electron chi connectivity index (χ3n) is 10.3. The van der Waals surface area contributed by atoms with Gasteiger partial charge in [0, 0.05) is 38.3 Å². The van der Waals surface area contributed by atoms with Gasteiger partial charge in [0.15, 0.2) is 5.58 Å². The Morgan fingerprint density at radius 3 is 2.60 bits per heavy atom. The molecule has 3 aromatic carbocycles. The van der Waals surface area contributed by atoms with Gasteiger partial charge in [-0.15, -0.1) is 0 Å². The van der Waals surface area contributed by atoms with Gasteiger partial charge in [0.05, 0.1) is 36.5 Å². The van der Waals surface area contributed by atoms with E-state index in [-0.39, 0.29) is 29.6 Å². The summed E-state index contributed by atoms with van der Waals surface area (Å²) in [6.45, 7) is 3.45. The maximum atomic E-state index is 16.5. The molecule has 0 unspecified atom stereocenters. The summed E-state index contributed by atoms with van der Waals surface area (Å²) in [5, 5.41) is 29.2. The van der Waals surface area contributed by atoms with Crippen LogP contribution in [0.1, 0.15) is 53.3 Å². The fraction of sp³-hybridized carbons (Fsp3) is 0.359. The molecule has 2 aromatic heterocycles. The van der Waals surface area contributed by atoms with Gasteiger partial charge in [0.1, 0.15) is 29.2 Å². The number of halogens is 1. The maximum absolute atomic E-state index is 16.5. The minimum absolute atomic E-state index is 0.0933. The number of ether oxygens (including phenoxy) is 2. The van der Waals surface area contributed by atoms with E-state index in [1.54, 1.807) is 30.5 Å². The number of nitriles is 1. The van der Waals surface area contributed by atoms with Gasteiger partial charge in [-0.1, -0.05) is 30.3 Å². The number of oxazole rings is 1. The van der Waals surface area contributed by atoms with E-state index < -0.39 is 11.8 Å². The van der Waals surface area contributed by atoms with Crippen LogP contribution in [0.2, 0.25) is 0 Å². The van der Waals surface area contributed by atoms with Crippen molar-refractivity contribution >= 4 is 17.1 Å². The molecule has 0 saturated carbocycles. The lowest BCUT2D eigenvalue weighted by atomic mass is 9.95. The van der Waals surface area contributed by atoms with E-state index in [0.717, 1.165) is 28.8 Å². The Morgan fingerprint density at radius 1 is 1.04 bits per heavy atom. The summed E-state index contributed by atoms with van der Waals surface area (Å²) in [5.74, 6) is -0.934. The molecule has 1 aliphatic carbocycles. The highest BCUT2D eigenvalue weighted by Gasteiger charge is 2.31. The summed E-state index contributed by atoms with van der Waals surface area (Å²) < 4.78 is 34.4. The number of aliphatic hydroxyl groups is 1. The Morgan fingerprint density at radius 2 is 1.83 bits per heavy atom. The van der Waals surface area contributed by atoms with E-state index in [2.05, 4.69) is 25.9 Å². The quantitative estimate of drug-likeness (QED) is 0.188. The Balaban J connectivity index is 1.03. The standard InChI is InChI=1S/C39H37FN6O6/c1-50-38-32(21-46-12-10-23(19-46)39(48)49)42-17-34(44-38)51-33-9-8-27-26(4-2-5-28(27)33)29-6-3-7-30(35(29)40)37-43-31-15-22(14-24(16-41)36(31)52-37)18-45-13-11-25(47)20-45/h2-7,14-15,17,23,25,33,47H,8-13,18-21H2,1H3,(H,48,49)/t23-,25-,33-/m1/s1. The predicted molar refractivity (Wildman–Crippen MR) is 187 cm³/mol. The molecule has 8 rings (SSSR count). The minimum atomic E-state index is -0.788. The zero-order chi connectivity index (χ0) is 35.9. The summed E-state index contributed by atoms with van der Waals surface area (Å²) in [7, 11) is 1.52. The molecule has 2 saturated heterocycles. The number of fused-ring (bicyclic) bond motifs is 2. The smallest absolute Gasteiger partial charge is 0.307 e. The molecule has 5 aromatic rings. The first-order valence-electron chi connectivity index (χ1n) is 17.4. The van der Waals surface area contributed by atoms with E-state index in [1.807, 2.05) is 29.2 Å². The number of β-amino-alcohol motifs (C(OH)–C–C–N with tert-alkyl or cyclic N) is 1. The van der Waals surface area contributed by atoms with Crippen LogP contribution in [0.4, 0.5) is 4.39 Å². The topological polar surface area (TPSA) is 158 Å². The largest absolute Gasteiger partial charge is 0.481 e. The van der Waals surface area contributed by atoms with Crippen molar-refractivity contribution in [3.8, 4) is 40.4 Å². The van der Waals surface area contributed by atoms with Gasteiger partial charge < -0.3 is 24.1 Å². The molecule has 0 radical (unpaired) electrons. The fourth-order valence-corrected chi connectivity index (χ4v) is 7.74.